The lowest BCUT2D eigenvalue weighted by atomic mass is 10.1. The predicted molar refractivity (Wildman–Crippen MR) is 77.0 cm³/mol. The topological polar surface area (TPSA) is 68.5 Å². The van der Waals surface area contributed by atoms with Gasteiger partial charge in [0.25, 0.3) is 0 Å². The highest BCUT2D eigenvalue weighted by atomic mass is 16.5. The molecule has 5 heteroatoms. The van der Waals surface area contributed by atoms with E-state index in [2.05, 4.69) is 14.6 Å². The average molecular weight is 265 g/mol. The van der Waals surface area contributed by atoms with Gasteiger partial charge >= 0.3 is 5.97 Å². The van der Waals surface area contributed by atoms with Crippen molar-refractivity contribution in [3.8, 4) is 0 Å². The molecule has 0 fully saturated rings. The van der Waals surface area contributed by atoms with Gasteiger partial charge in [-0.15, -0.1) is 0 Å². The van der Waals surface area contributed by atoms with Crippen molar-refractivity contribution in [3.63, 3.8) is 0 Å². The van der Waals surface area contributed by atoms with Gasteiger partial charge in [-0.2, -0.15) is 0 Å². The lowest BCUT2D eigenvalue weighted by Crippen LogP contribution is -2.18. The van der Waals surface area contributed by atoms with E-state index < -0.39 is 0 Å². The molecule has 0 bridgehead atoms. The number of hydrogen-bond donors (Lipinski definition) is 1. The number of aromatic nitrogens is 1. The van der Waals surface area contributed by atoms with Gasteiger partial charge in [-0.25, -0.2) is 4.98 Å². The van der Waals surface area contributed by atoms with Crippen LogP contribution < -0.4 is 10.6 Å². The number of nitrogens with zero attached hydrogens (tertiary/aromatic N) is 2. The number of methoxy groups -OCH3 is 1. The maximum atomic E-state index is 10.9. The fourth-order valence-electron chi connectivity index (χ4n) is 1.83. The Morgan fingerprint density at radius 2 is 2.05 bits per heavy atom. The van der Waals surface area contributed by atoms with Gasteiger partial charge in [-0.05, 0) is 25.0 Å². The summed E-state index contributed by atoms with van der Waals surface area (Å²) in [4.78, 5) is 17.1. The van der Waals surface area contributed by atoms with Crippen molar-refractivity contribution in [1.29, 1.82) is 0 Å². The quantitative estimate of drug-likeness (QED) is 0.576. The Hall–Kier alpha value is -1.78. The Kier molecular flexibility index (Phi) is 6.71. The Morgan fingerprint density at radius 3 is 2.68 bits per heavy atom. The molecule has 5 nitrogen and oxygen atoms in total. The molecule has 0 spiro atoms. The molecule has 106 valence electrons. The standard InChI is InChI=1S/C14H23N3O2/c1-17(12-8-9-13(15)16-11-12)10-6-4-3-5-7-14(18)19-2/h8-9,11H,3-7,10H2,1-2H3,(H2,15,16). The molecule has 0 radical (unpaired) electrons. The van der Waals surface area contributed by atoms with Crippen LogP contribution in [0.3, 0.4) is 0 Å². The van der Waals surface area contributed by atoms with Crippen LogP contribution in [0.1, 0.15) is 32.1 Å². The fraction of sp³-hybridized carbons (Fsp3) is 0.571. The largest absolute Gasteiger partial charge is 0.469 e. The maximum absolute atomic E-state index is 10.9. The van der Waals surface area contributed by atoms with E-state index in [-0.39, 0.29) is 5.97 Å². The van der Waals surface area contributed by atoms with E-state index in [1.807, 2.05) is 19.2 Å². The smallest absolute Gasteiger partial charge is 0.305 e. The second-order valence-electron chi connectivity index (χ2n) is 4.60. The molecule has 1 aromatic heterocycles. The molecule has 0 unspecified atom stereocenters. The number of rotatable bonds is 8. The third kappa shape index (κ3) is 6.08. The zero-order chi connectivity index (χ0) is 14.1. The normalized spacial score (nSPS) is 10.2. The summed E-state index contributed by atoms with van der Waals surface area (Å²) in [7, 11) is 3.47. The molecule has 0 saturated carbocycles. The molecule has 0 aromatic carbocycles. The van der Waals surface area contributed by atoms with Crippen LogP contribution in [0.4, 0.5) is 11.5 Å². The molecule has 0 aliphatic rings. The fourth-order valence-corrected chi connectivity index (χ4v) is 1.83. The third-order valence-electron chi connectivity index (χ3n) is 3.06. The highest BCUT2D eigenvalue weighted by Gasteiger charge is 2.02. The van der Waals surface area contributed by atoms with E-state index in [1.54, 1.807) is 6.20 Å². The lowest BCUT2D eigenvalue weighted by molar-refractivity contribution is -0.140. The van der Waals surface area contributed by atoms with Gasteiger partial charge in [0.1, 0.15) is 5.82 Å². The molecular weight excluding hydrogens is 242 g/mol. The molecule has 1 aromatic rings. The van der Waals surface area contributed by atoms with Gasteiger partial charge in [0.15, 0.2) is 0 Å². The van der Waals surface area contributed by atoms with Gasteiger partial charge in [0, 0.05) is 20.0 Å². The number of nitrogen functional groups attached to an aromatic ring is 1. The van der Waals surface area contributed by atoms with Crippen molar-refractivity contribution in [2.75, 3.05) is 31.3 Å². The number of unbranched alkanes of at least 4 members (excludes halogenated alkanes) is 3. The van der Waals surface area contributed by atoms with Crippen molar-refractivity contribution >= 4 is 17.5 Å². The summed E-state index contributed by atoms with van der Waals surface area (Å²) < 4.78 is 4.60. The van der Waals surface area contributed by atoms with E-state index in [9.17, 15) is 4.79 Å². The molecule has 0 aliphatic heterocycles. The molecule has 0 aliphatic carbocycles. The Bertz CT molecular complexity index is 379. The number of hydrogen-bond acceptors (Lipinski definition) is 5. The second-order valence-corrected chi connectivity index (χ2v) is 4.60. The Morgan fingerprint density at radius 1 is 1.32 bits per heavy atom. The molecule has 1 rings (SSSR count). The summed E-state index contributed by atoms with van der Waals surface area (Å²) in [6, 6.07) is 3.78. The van der Waals surface area contributed by atoms with E-state index >= 15 is 0 Å². The monoisotopic (exact) mass is 265 g/mol. The van der Waals surface area contributed by atoms with Crippen LogP contribution in [0.25, 0.3) is 0 Å². The minimum Gasteiger partial charge on any atom is -0.469 e. The third-order valence-corrected chi connectivity index (χ3v) is 3.06. The average Bonchev–Trinajstić information content (AvgIpc) is 2.42. The number of nitrogens with two attached hydrogens (primary N) is 1. The Balaban J connectivity index is 2.12. The predicted octanol–water partition coefficient (Wildman–Crippen LogP) is 2.22. The van der Waals surface area contributed by atoms with Crippen LogP contribution in [0.15, 0.2) is 18.3 Å². The van der Waals surface area contributed by atoms with Crippen LogP contribution in [-0.2, 0) is 9.53 Å². The molecule has 0 atom stereocenters. The summed E-state index contributed by atoms with van der Waals surface area (Å²) in [6.45, 7) is 0.976. The van der Waals surface area contributed by atoms with Crippen molar-refractivity contribution in [1.82, 2.24) is 4.98 Å². The SMILES string of the molecule is COC(=O)CCCCCCN(C)c1ccc(N)nc1. The zero-order valence-corrected chi connectivity index (χ0v) is 11.8. The summed E-state index contributed by atoms with van der Waals surface area (Å²) in [5.74, 6) is 0.421. The van der Waals surface area contributed by atoms with Crippen LogP contribution in [0, 0.1) is 0 Å². The number of ether oxygens (including phenoxy) is 1. The molecular formula is C14H23N3O2. The van der Waals surface area contributed by atoms with E-state index in [0.29, 0.717) is 12.2 Å². The number of anilines is 2. The molecule has 0 saturated heterocycles. The summed E-state index contributed by atoms with van der Waals surface area (Å²) >= 11 is 0. The highest BCUT2D eigenvalue weighted by molar-refractivity contribution is 5.68. The van der Waals surface area contributed by atoms with Gasteiger partial charge < -0.3 is 15.4 Å². The van der Waals surface area contributed by atoms with Crippen LogP contribution in [0.2, 0.25) is 0 Å². The highest BCUT2D eigenvalue weighted by Crippen LogP contribution is 2.13. The van der Waals surface area contributed by atoms with Crippen molar-refractivity contribution in [3.05, 3.63) is 18.3 Å². The van der Waals surface area contributed by atoms with Crippen molar-refractivity contribution in [2.45, 2.75) is 32.1 Å². The van der Waals surface area contributed by atoms with Crippen LogP contribution >= 0.6 is 0 Å². The van der Waals surface area contributed by atoms with Gasteiger partial charge in [0.2, 0.25) is 0 Å². The minimum absolute atomic E-state index is 0.120. The molecule has 2 N–H and O–H groups in total. The first-order valence-corrected chi connectivity index (χ1v) is 6.63. The molecule has 19 heavy (non-hydrogen) atoms. The van der Waals surface area contributed by atoms with Gasteiger partial charge in [-0.3, -0.25) is 4.79 Å². The van der Waals surface area contributed by atoms with E-state index in [4.69, 9.17) is 5.73 Å². The minimum atomic E-state index is -0.120. The summed E-state index contributed by atoms with van der Waals surface area (Å²) in [5, 5.41) is 0. The van der Waals surface area contributed by atoms with Crippen LogP contribution in [-0.4, -0.2) is 31.7 Å². The van der Waals surface area contributed by atoms with Gasteiger partial charge in [-0.1, -0.05) is 12.8 Å². The van der Waals surface area contributed by atoms with Crippen molar-refractivity contribution < 1.29 is 9.53 Å². The first kappa shape index (κ1) is 15.3. The number of carbonyl (C=O) groups excluding carboxylic acids is 1. The van der Waals surface area contributed by atoms with Gasteiger partial charge in [0.05, 0.1) is 19.0 Å². The molecule has 0 amide bonds. The van der Waals surface area contributed by atoms with Crippen molar-refractivity contribution in [2.24, 2.45) is 0 Å². The summed E-state index contributed by atoms with van der Waals surface area (Å²) in [5.41, 5.74) is 6.62. The first-order chi connectivity index (χ1) is 9.13. The number of pyridine rings is 1. The number of carbonyl (C=O) groups is 1. The van der Waals surface area contributed by atoms with Crippen LogP contribution in [0.5, 0.6) is 0 Å². The Labute approximate surface area is 114 Å². The second kappa shape index (κ2) is 8.34. The molecule has 1 heterocycles. The first-order valence-electron chi connectivity index (χ1n) is 6.63. The van der Waals surface area contributed by atoms with E-state index in [0.717, 1.165) is 37.9 Å². The summed E-state index contributed by atoms with van der Waals surface area (Å²) in [6.07, 6.45) is 6.48. The zero-order valence-electron chi connectivity index (χ0n) is 11.8. The lowest BCUT2D eigenvalue weighted by Gasteiger charge is -2.18. The maximum Gasteiger partial charge on any atom is 0.305 e. The number of esters is 1. The van der Waals surface area contributed by atoms with E-state index in [1.165, 1.54) is 7.11 Å².